The van der Waals surface area contributed by atoms with E-state index in [1.165, 1.54) is 19.3 Å². The predicted molar refractivity (Wildman–Crippen MR) is 47.3 cm³/mol. The Balaban J connectivity index is 0. The molecular formula is C10H21KO. The molecule has 0 heterocycles. The van der Waals surface area contributed by atoms with Crippen LogP contribution in [0.25, 0.3) is 0 Å². The van der Waals surface area contributed by atoms with Crippen molar-refractivity contribution in [2.75, 3.05) is 6.61 Å². The molecule has 1 atom stereocenters. The summed E-state index contributed by atoms with van der Waals surface area (Å²) in [7, 11) is 0. The average Bonchev–Trinajstić information content (AvgIpc) is 1.87. The molecule has 0 fully saturated rings. The molecule has 0 saturated heterocycles. The second-order valence-electron chi connectivity index (χ2n) is 3.92. The van der Waals surface area contributed by atoms with Crippen molar-refractivity contribution in [1.29, 1.82) is 0 Å². The van der Waals surface area contributed by atoms with E-state index in [1.807, 2.05) is 0 Å². The van der Waals surface area contributed by atoms with Crippen LogP contribution in [0.3, 0.4) is 0 Å². The van der Waals surface area contributed by atoms with Gasteiger partial charge in [0.15, 0.2) is 0 Å². The molecule has 0 aromatic carbocycles. The summed E-state index contributed by atoms with van der Waals surface area (Å²) in [5, 5.41) is 10.2. The zero-order valence-corrected chi connectivity index (χ0v) is 12.2. The van der Waals surface area contributed by atoms with E-state index in [1.54, 1.807) is 0 Å². The summed E-state index contributed by atoms with van der Waals surface area (Å²) in [6.07, 6.45) is 4.69. The maximum atomic E-state index is 10.2. The molecule has 0 bridgehead atoms. The normalized spacial score (nSPS) is 12.8. The summed E-state index contributed by atoms with van der Waals surface area (Å²) < 4.78 is 0. The summed E-state index contributed by atoms with van der Waals surface area (Å²) >= 11 is 0. The van der Waals surface area contributed by atoms with E-state index in [-0.39, 0.29) is 58.0 Å². The van der Waals surface area contributed by atoms with Crippen molar-refractivity contribution < 1.29 is 56.5 Å². The maximum absolute atomic E-state index is 10.2. The van der Waals surface area contributed by atoms with Crippen molar-refractivity contribution in [3.8, 4) is 0 Å². The van der Waals surface area contributed by atoms with Crippen LogP contribution >= 0.6 is 0 Å². The van der Waals surface area contributed by atoms with E-state index < -0.39 is 0 Å². The Kier molecular flexibility index (Phi) is 14.3. The first-order valence-corrected chi connectivity index (χ1v) is 4.75. The van der Waals surface area contributed by atoms with Crippen molar-refractivity contribution in [1.82, 2.24) is 0 Å². The average molecular weight is 196 g/mol. The van der Waals surface area contributed by atoms with Gasteiger partial charge in [0.1, 0.15) is 0 Å². The monoisotopic (exact) mass is 196 g/mol. The number of hydrogen-bond acceptors (Lipinski definition) is 1. The van der Waals surface area contributed by atoms with E-state index in [9.17, 15) is 5.11 Å². The summed E-state index contributed by atoms with van der Waals surface area (Å²) in [4.78, 5) is 0. The van der Waals surface area contributed by atoms with E-state index in [2.05, 4.69) is 20.8 Å². The molecule has 1 nitrogen and oxygen atoms in total. The molecule has 0 aliphatic carbocycles. The first-order chi connectivity index (χ1) is 5.16. The van der Waals surface area contributed by atoms with Gasteiger partial charge in [-0.05, 0) is 11.8 Å². The van der Waals surface area contributed by atoms with Gasteiger partial charge in [-0.25, -0.2) is 0 Å². The van der Waals surface area contributed by atoms with Gasteiger partial charge in [-0.1, -0.05) is 46.5 Å². The van der Waals surface area contributed by atoms with Gasteiger partial charge in [0.05, 0.1) is 0 Å². The summed E-state index contributed by atoms with van der Waals surface area (Å²) in [5.74, 6) is 1.46. The largest absolute Gasteiger partial charge is 1.00 e. The van der Waals surface area contributed by atoms with Crippen LogP contribution in [-0.2, 0) is 0 Å². The van der Waals surface area contributed by atoms with Gasteiger partial charge in [-0.15, -0.1) is 6.61 Å². The molecule has 0 spiro atoms. The molecule has 68 valence electrons. The van der Waals surface area contributed by atoms with Crippen molar-refractivity contribution >= 4 is 0 Å². The predicted octanol–water partition coefficient (Wildman–Crippen LogP) is -0.797. The van der Waals surface area contributed by atoms with Crippen molar-refractivity contribution in [2.45, 2.75) is 46.5 Å². The third kappa shape index (κ3) is 11.6. The topological polar surface area (TPSA) is 23.1 Å². The molecule has 0 amide bonds. The molecule has 0 rings (SSSR count). The molecule has 0 aliphatic heterocycles. The van der Waals surface area contributed by atoms with E-state index in [4.69, 9.17) is 0 Å². The molecule has 0 radical (unpaired) electrons. The van der Waals surface area contributed by atoms with Crippen molar-refractivity contribution in [3.05, 3.63) is 0 Å². The molecule has 0 aromatic rings. The van der Waals surface area contributed by atoms with Crippen LogP contribution in [0.15, 0.2) is 0 Å². The van der Waals surface area contributed by atoms with Gasteiger partial charge < -0.3 is 5.11 Å². The molecule has 0 N–H and O–H groups in total. The molecule has 2 heteroatoms. The molecule has 0 aromatic heterocycles. The van der Waals surface area contributed by atoms with Gasteiger partial charge >= 0.3 is 51.4 Å². The van der Waals surface area contributed by atoms with Crippen LogP contribution in [0.4, 0.5) is 0 Å². The second kappa shape index (κ2) is 10.7. The van der Waals surface area contributed by atoms with Crippen molar-refractivity contribution in [2.24, 2.45) is 11.8 Å². The smallest absolute Gasteiger partial charge is 0.854 e. The van der Waals surface area contributed by atoms with E-state index in [0.29, 0.717) is 5.92 Å². The fourth-order valence-corrected chi connectivity index (χ4v) is 1.22. The van der Waals surface area contributed by atoms with Crippen LogP contribution in [-0.4, -0.2) is 6.61 Å². The van der Waals surface area contributed by atoms with Gasteiger partial charge in [0.25, 0.3) is 0 Å². The number of hydrogen-bond donors (Lipinski definition) is 0. The van der Waals surface area contributed by atoms with Crippen LogP contribution < -0.4 is 56.5 Å². The minimum absolute atomic E-state index is 0. The quantitative estimate of drug-likeness (QED) is 0.510. The molecule has 12 heavy (non-hydrogen) atoms. The number of rotatable bonds is 6. The maximum Gasteiger partial charge on any atom is 1.00 e. The summed E-state index contributed by atoms with van der Waals surface area (Å²) in [6, 6.07) is 0. The first-order valence-electron chi connectivity index (χ1n) is 4.75. The Morgan fingerprint density at radius 3 is 2.00 bits per heavy atom. The third-order valence-corrected chi connectivity index (χ3v) is 2.09. The zero-order valence-electron chi connectivity index (χ0n) is 9.10. The van der Waals surface area contributed by atoms with Crippen molar-refractivity contribution in [3.63, 3.8) is 0 Å². The minimum atomic E-state index is 0. The fourth-order valence-electron chi connectivity index (χ4n) is 1.22. The van der Waals surface area contributed by atoms with E-state index >= 15 is 0 Å². The fraction of sp³-hybridized carbons (Fsp3) is 1.00. The molecule has 0 aliphatic rings. The molecule has 0 unspecified atom stereocenters. The van der Waals surface area contributed by atoms with Gasteiger partial charge in [0, 0.05) is 0 Å². The van der Waals surface area contributed by atoms with E-state index in [0.717, 1.165) is 12.3 Å². The van der Waals surface area contributed by atoms with Crippen LogP contribution in [0, 0.1) is 11.8 Å². The zero-order chi connectivity index (χ0) is 8.69. The molecular weight excluding hydrogens is 175 g/mol. The van der Waals surface area contributed by atoms with Crippen LogP contribution in [0.2, 0.25) is 0 Å². The van der Waals surface area contributed by atoms with Crippen LogP contribution in [0.5, 0.6) is 0 Å². The SMILES string of the molecule is CC(C)CCC[C@H](C)CC[O-].[K+]. The Bertz CT molecular complexity index is 83.9. The Morgan fingerprint density at radius 2 is 1.58 bits per heavy atom. The summed E-state index contributed by atoms with van der Waals surface area (Å²) in [6.45, 7) is 6.78. The molecule has 0 saturated carbocycles. The summed E-state index contributed by atoms with van der Waals surface area (Å²) in [5.41, 5.74) is 0. The standard InChI is InChI=1S/C10H21O.K/c1-9(2)5-4-6-10(3)7-8-11;/h9-10H,4-8H2,1-3H3;/q-1;+1/t10-;/m0./s1. The third-order valence-electron chi connectivity index (χ3n) is 2.09. The first kappa shape index (κ1) is 16.0. The van der Waals surface area contributed by atoms with Gasteiger partial charge in [0.2, 0.25) is 0 Å². The van der Waals surface area contributed by atoms with Gasteiger partial charge in [-0.3, -0.25) is 0 Å². The van der Waals surface area contributed by atoms with Crippen LogP contribution in [0.1, 0.15) is 46.5 Å². The Hall–Kier alpha value is 1.60. The minimum Gasteiger partial charge on any atom is -0.854 e. The Labute approximate surface area is 120 Å². The second-order valence-corrected chi connectivity index (χ2v) is 3.92. The van der Waals surface area contributed by atoms with Gasteiger partial charge in [-0.2, -0.15) is 0 Å². The Morgan fingerprint density at radius 1 is 1.00 bits per heavy atom.